The molecule has 3 aromatic rings. The van der Waals surface area contributed by atoms with Gasteiger partial charge in [0.1, 0.15) is 12.6 Å². The summed E-state index contributed by atoms with van der Waals surface area (Å²) in [5, 5.41) is 6.78. The SMILES string of the molecule is COc1cc(-c2noc([C@H](C)NC(=O)COCc3ccccc3)n2)cc(OC)c1OC. The Morgan fingerprint density at radius 1 is 1.06 bits per heavy atom. The maximum absolute atomic E-state index is 12.2. The van der Waals surface area contributed by atoms with Gasteiger partial charge in [-0.2, -0.15) is 4.98 Å². The quantitative estimate of drug-likeness (QED) is 0.526. The molecule has 9 nitrogen and oxygen atoms in total. The van der Waals surface area contributed by atoms with Crippen molar-refractivity contribution >= 4 is 5.91 Å². The second-order valence-electron chi connectivity index (χ2n) is 6.64. The number of amides is 1. The normalized spacial score (nSPS) is 11.6. The molecule has 31 heavy (non-hydrogen) atoms. The molecule has 1 aromatic heterocycles. The van der Waals surface area contributed by atoms with Crippen molar-refractivity contribution in [1.29, 1.82) is 0 Å². The second kappa shape index (κ2) is 10.4. The standard InChI is InChI=1S/C22H25N3O6/c1-14(23-19(26)13-30-12-15-8-6-5-7-9-15)22-24-21(25-31-22)16-10-17(27-2)20(29-4)18(11-16)28-3/h5-11,14H,12-13H2,1-4H3,(H,23,26)/t14-/m0/s1. The van der Waals surface area contributed by atoms with Crippen LogP contribution in [0.15, 0.2) is 47.0 Å². The molecular formula is C22H25N3O6. The Morgan fingerprint density at radius 3 is 2.35 bits per heavy atom. The van der Waals surface area contributed by atoms with Crippen LogP contribution in [-0.4, -0.2) is 44.0 Å². The summed E-state index contributed by atoms with van der Waals surface area (Å²) in [7, 11) is 4.58. The zero-order valence-corrected chi connectivity index (χ0v) is 17.9. The lowest BCUT2D eigenvalue weighted by Crippen LogP contribution is -2.30. The summed E-state index contributed by atoms with van der Waals surface area (Å²) in [6.45, 7) is 2.03. The summed E-state index contributed by atoms with van der Waals surface area (Å²) in [6.07, 6.45) is 0. The number of hydrogen-bond acceptors (Lipinski definition) is 8. The van der Waals surface area contributed by atoms with Crippen LogP contribution < -0.4 is 19.5 Å². The molecule has 0 bridgehead atoms. The Morgan fingerprint density at radius 2 is 1.74 bits per heavy atom. The Labute approximate surface area is 180 Å². The van der Waals surface area contributed by atoms with Gasteiger partial charge in [-0.1, -0.05) is 35.5 Å². The van der Waals surface area contributed by atoms with Crippen LogP contribution in [0.2, 0.25) is 0 Å². The Bertz CT molecular complexity index is 980. The van der Waals surface area contributed by atoms with Crippen molar-refractivity contribution < 1.29 is 28.3 Å². The van der Waals surface area contributed by atoms with Crippen LogP contribution in [0.4, 0.5) is 0 Å². The van der Waals surface area contributed by atoms with Gasteiger partial charge >= 0.3 is 0 Å². The van der Waals surface area contributed by atoms with E-state index in [-0.39, 0.29) is 18.4 Å². The fourth-order valence-electron chi connectivity index (χ4n) is 2.92. The van der Waals surface area contributed by atoms with Gasteiger partial charge < -0.3 is 28.8 Å². The van der Waals surface area contributed by atoms with Crippen molar-refractivity contribution in [3.05, 3.63) is 53.9 Å². The molecule has 0 spiro atoms. The third-order valence-electron chi connectivity index (χ3n) is 4.46. The van der Waals surface area contributed by atoms with E-state index in [9.17, 15) is 4.79 Å². The molecule has 3 rings (SSSR count). The molecule has 2 aromatic carbocycles. The van der Waals surface area contributed by atoms with Gasteiger partial charge in [-0.3, -0.25) is 4.79 Å². The molecule has 0 unspecified atom stereocenters. The number of carbonyl (C=O) groups is 1. The van der Waals surface area contributed by atoms with Crippen LogP contribution in [-0.2, 0) is 16.1 Å². The highest BCUT2D eigenvalue weighted by atomic mass is 16.5. The average Bonchev–Trinajstić information content (AvgIpc) is 3.29. The predicted molar refractivity (Wildman–Crippen MR) is 112 cm³/mol. The number of methoxy groups -OCH3 is 3. The van der Waals surface area contributed by atoms with Gasteiger partial charge in [-0.15, -0.1) is 0 Å². The van der Waals surface area contributed by atoms with Gasteiger partial charge in [0.2, 0.25) is 23.4 Å². The maximum atomic E-state index is 12.2. The van der Waals surface area contributed by atoms with Crippen molar-refractivity contribution in [2.24, 2.45) is 0 Å². The molecule has 1 N–H and O–H groups in total. The number of ether oxygens (including phenoxy) is 4. The van der Waals surface area contributed by atoms with Crippen LogP contribution >= 0.6 is 0 Å². The zero-order valence-electron chi connectivity index (χ0n) is 17.9. The maximum Gasteiger partial charge on any atom is 0.249 e. The molecule has 0 fully saturated rings. The van der Waals surface area contributed by atoms with E-state index in [1.54, 1.807) is 19.1 Å². The molecule has 0 saturated carbocycles. The molecule has 0 aliphatic rings. The first kappa shape index (κ1) is 22.1. The number of hydrogen-bond donors (Lipinski definition) is 1. The molecule has 1 atom stereocenters. The van der Waals surface area contributed by atoms with Gasteiger partial charge in [0.25, 0.3) is 0 Å². The molecule has 0 aliphatic carbocycles. The number of carbonyl (C=O) groups excluding carboxylic acids is 1. The fraction of sp³-hybridized carbons (Fsp3) is 0.318. The van der Waals surface area contributed by atoms with Gasteiger partial charge in [0, 0.05) is 5.56 Å². The van der Waals surface area contributed by atoms with Crippen LogP contribution in [0.5, 0.6) is 17.2 Å². The molecule has 0 saturated heterocycles. The van der Waals surface area contributed by atoms with Crippen LogP contribution in [0.1, 0.15) is 24.4 Å². The summed E-state index contributed by atoms with van der Waals surface area (Å²) < 4.78 is 26.8. The van der Waals surface area contributed by atoms with E-state index < -0.39 is 6.04 Å². The lowest BCUT2D eigenvalue weighted by molar-refractivity contribution is -0.126. The highest BCUT2D eigenvalue weighted by molar-refractivity contribution is 5.77. The number of nitrogens with zero attached hydrogens (tertiary/aromatic N) is 2. The lowest BCUT2D eigenvalue weighted by Gasteiger charge is -2.12. The highest BCUT2D eigenvalue weighted by Crippen LogP contribution is 2.40. The van der Waals surface area contributed by atoms with E-state index in [2.05, 4.69) is 15.5 Å². The smallest absolute Gasteiger partial charge is 0.249 e. The van der Waals surface area contributed by atoms with Crippen molar-refractivity contribution in [2.45, 2.75) is 19.6 Å². The topological polar surface area (TPSA) is 105 Å². The largest absolute Gasteiger partial charge is 0.493 e. The van der Waals surface area contributed by atoms with E-state index in [1.807, 2.05) is 30.3 Å². The second-order valence-corrected chi connectivity index (χ2v) is 6.64. The fourth-order valence-corrected chi connectivity index (χ4v) is 2.92. The predicted octanol–water partition coefficient (Wildman–Crippen LogP) is 3.16. The monoisotopic (exact) mass is 427 g/mol. The number of benzene rings is 2. The Hall–Kier alpha value is -3.59. The van der Waals surface area contributed by atoms with E-state index >= 15 is 0 Å². The summed E-state index contributed by atoms with van der Waals surface area (Å²) in [6, 6.07) is 12.6. The molecule has 1 heterocycles. The van der Waals surface area contributed by atoms with Crippen LogP contribution in [0, 0.1) is 0 Å². The average molecular weight is 427 g/mol. The molecule has 164 valence electrons. The number of nitrogens with one attached hydrogen (secondary N) is 1. The van der Waals surface area contributed by atoms with Gasteiger partial charge in [0.15, 0.2) is 11.5 Å². The van der Waals surface area contributed by atoms with E-state index in [4.69, 9.17) is 23.5 Å². The van der Waals surface area contributed by atoms with Crippen LogP contribution in [0.25, 0.3) is 11.4 Å². The zero-order chi connectivity index (χ0) is 22.2. The minimum absolute atomic E-state index is 0.0763. The summed E-state index contributed by atoms with van der Waals surface area (Å²) in [4.78, 5) is 16.5. The number of aromatic nitrogens is 2. The third-order valence-corrected chi connectivity index (χ3v) is 4.46. The first-order valence-corrected chi connectivity index (χ1v) is 9.60. The lowest BCUT2D eigenvalue weighted by atomic mass is 10.1. The van der Waals surface area contributed by atoms with Crippen molar-refractivity contribution in [3.8, 4) is 28.6 Å². The van der Waals surface area contributed by atoms with E-state index in [1.165, 1.54) is 21.3 Å². The molecule has 0 radical (unpaired) electrons. The molecule has 1 amide bonds. The molecule has 0 aliphatic heterocycles. The Kier molecular flexibility index (Phi) is 7.45. The van der Waals surface area contributed by atoms with Gasteiger partial charge in [0.05, 0.1) is 27.9 Å². The van der Waals surface area contributed by atoms with Gasteiger partial charge in [-0.05, 0) is 24.6 Å². The van der Waals surface area contributed by atoms with Crippen molar-refractivity contribution in [2.75, 3.05) is 27.9 Å². The molecular weight excluding hydrogens is 402 g/mol. The van der Waals surface area contributed by atoms with E-state index in [0.29, 0.717) is 35.2 Å². The van der Waals surface area contributed by atoms with E-state index in [0.717, 1.165) is 5.56 Å². The minimum atomic E-state index is -0.490. The first-order valence-electron chi connectivity index (χ1n) is 9.60. The first-order chi connectivity index (χ1) is 15.0. The summed E-state index contributed by atoms with van der Waals surface area (Å²) in [5.74, 6) is 1.72. The van der Waals surface area contributed by atoms with Crippen molar-refractivity contribution in [3.63, 3.8) is 0 Å². The van der Waals surface area contributed by atoms with Crippen molar-refractivity contribution in [1.82, 2.24) is 15.5 Å². The van der Waals surface area contributed by atoms with Crippen LogP contribution in [0.3, 0.4) is 0 Å². The minimum Gasteiger partial charge on any atom is -0.493 e. The van der Waals surface area contributed by atoms with Gasteiger partial charge in [-0.25, -0.2) is 0 Å². The summed E-state index contributed by atoms with van der Waals surface area (Å²) >= 11 is 0. The highest BCUT2D eigenvalue weighted by Gasteiger charge is 2.20. The third kappa shape index (κ3) is 5.52. The Balaban J connectivity index is 1.62. The number of rotatable bonds is 10. The molecule has 9 heteroatoms. The summed E-state index contributed by atoms with van der Waals surface area (Å²) in [5.41, 5.74) is 1.62.